The van der Waals surface area contributed by atoms with E-state index in [9.17, 15) is 4.79 Å². The molecule has 3 aliphatic rings. The number of benzene rings is 2. The molecule has 5 rings (SSSR count). The molecule has 0 saturated heterocycles. The maximum absolute atomic E-state index is 13.4. The second-order valence-corrected chi connectivity index (χ2v) is 11.0. The molecule has 0 spiro atoms. The van der Waals surface area contributed by atoms with Crippen LogP contribution in [0.2, 0.25) is 0 Å². The summed E-state index contributed by atoms with van der Waals surface area (Å²) in [6, 6.07) is 17.2. The average Bonchev–Trinajstić information content (AvgIpc) is 3.08. The molecular weight excluding hydrogens is 404 g/mol. The predicted octanol–water partition coefficient (Wildman–Crippen LogP) is 7.52. The lowest BCUT2D eigenvalue weighted by molar-refractivity contribution is -0.132. The molecule has 2 saturated carbocycles. The Morgan fingerprint density at radius 2 is 2.00 bits per heavy atom. The van der Waals surface area contributed by atoms with Crippen molar-refractivity contribution >= 4 is 5.78 Å². The van der Waals surface area contributed by atoms with Gasteiger partial charge in [-0.05, 0) is 84.6 Å². The van der Waals surface area contributed by atoms with E-state index in [-0.39, 0.29) is 11.3 Å². The zero-order chi connectivity index (χ0) is 23.0. The van der Waals surface area contributed by atoms with Crippen molar-refractivity contribution in [2.75, 3.05) is 0 Å². The Hall–Kier alpha value is -2.35. The number of fused-ring (bicyclic) bond motifs is 5. The highest BCUT2D eigenvalue weighted by Crippen LogP contribution is 2.63. The van der Waals surface area contributed by atoms with Crippen LogP contribution in [0.3, 0.4) is 0 Å². The van der Waals surface area contributed by atoms with Crippen molar-refractivity contribution in [3.8, 4) is 5.75 Å². The number of Topliss-reactive ketones (excluding diaryl/α,β-unsaturated/α-hetero) is 1. The summed E-state index contributed by atoms with van der Waals surface area (Å²) in [4.78, 5) is 13.4. The Morgan fingerprint density at radius 3 is 2.76 bits per heavy atom. The summed E-state index contributed by atoms with van der Waals surface area (Å²) >= 11 is 0. The van der Waals surface area contributed by atoms with Crippen molar-refractivity contribution in [3.63, 3.8) is 0 Å². The fraction of sp³-hybridized carbons (Fsp3) is 0.516. The number of hydrogen-bond donors (Lipinski definition) is 0. The van der Waals surface area contributed by atoms with Crippen molar-refractivity contribution in [1.82, 2.24) is 0 Å². The van der Waals surface area contributed by atoms with Crippen LogP contribution in [-0.4, -0.2) is 5.78 Å². The fourth-order valence-corrected chi connectivity index (χ4v) is 7.60. The quantitative estimate of drug-likeness (QED) is 0.415. The Kier molecular flexibility index (Phi) is 6.20. The average molecular weight is 443 g/mol. The SMILES string of the molecule is C=CC[C@@H]1CC2C3C(CC[C@]2(C)C1=O)c1ccc(OCc2ccccc2)cc1C[C@H]3CCC. The molecule has 0 aliphatic heterocycles. The molecule has 33 heavy (non-hydrogen) atoms. The largest absolute Gasteiger partial charge is 0.489 e. The van der Waals surface area contributed by atoms with Crippen molar-refractivity contribution < 1.29 is 9.53 Å². The lowest BCUT2D eigenvalue weighted by atomic mass is 9.52. The van der Waals surface area contributed by atoms with Crippen LogP contribution in [0.5, 0.6) is 5.75 Å². The van der Waals surface area contributed by atoms with Crippen LogP contribution in [0.1, 0.15) is 75.0 Å². The summed E-state index contributed by atoms with van der Waals surface area (Å²) in [6.45, 7) is 9.14. The highest BCUT2D eigenvalue weighted by atomic mass is 16.5. The monoisotopic (exact) mass is 442 g/mol. The van der Waals surface area contributed by atoms with E-state index in [1.165, 1.54) is 29.5 Å². The lowest BCUT2D eigenvalue weighted by Crippen LogP contribution is -2.46. The molecule has 2 heteroatoms. The molecule has 0 N–H and O–H groups in total. The van der Waals surface area contributed by atoms with Crippen molar-refractivity contribution in [2.45, 2.75) is 71.3 Å². The van der Waals surface area contributed by atoms with Crippen LogP contribution in [0, 0.1) is 29.1 Å². The molecular formula is C31H38O2. The van der Waals surface area contributed by atoms with E-state index in [1.54, 1.807) is 0 Å². The van der Waals surface area contributed by atoms with Crippen LogP contribution in [0.25, 0.3) is 0 Å². The van der Waals surface area contributed by atoms with Gasteiger partial charge in [-0.15, -0.1) is 6.58 Å². The number of hydrogen-bond acceptors (Lipinski definition) is 2. The minimum atomic E-state index is -0.128. The van der Waals surface area contributed by atoms with E-state index in [0.29, 0.717) is 36.1 Å². The molecule has 2 aromatic carbocycles. The molecule has 0 heterocycles. The number of carbonyl (C=O) groups excluding carboxylic acids is 1. The van der Waals surface area contributed by atoms with Crippen LogP contribution < -0.4 is 4.74 Å². The smallest absolute Gasteiger partial charge is 0.142 e. The van der Waals surface area contributed by atoms with Gasteiger partial charge in [0, 0.05) is 11.3 Å². The lowest BCUT2D eigenvalue weighted by Gasteiger charge is -2.51. The summed E-state index contributed by atoms with van der Waals surface area (Å²) in [5.41, 5.74) is 4.08. The number of allylic oxidation sites excluding steroid dienone is 1. The maximum atomic E-state index is 13.4. The van der Waals surface area contributed by atoms with Gasteiger partial charge in [-0.3, -0.25) is 4.79 Å². The summed E-state index contributed by atoms with van der Waals surface area (Å²) in [7, 11) is 0. The van der Waals surface area contributed by atoms with Gasteiger partial charge in [0.2, 0.25) is 0 Å². The Labute approximate surface area is 199 Å². The number of ketones is 1. The first-order chi connectivity index (χ1) is 16.0. The zero-order valence-electron chi connectivity index (χ0n) is 20.3. The molecule has 0 amide bonds. The Morgan fingerprint density at radius 1 is 1.18 bits per heavy atom. The highest BCUT2D eigenvalue weighted by Gasteiger charge is 2.59. The molecule has 2 fully saturated rings. The van der Waals surface area contributed by atoms with Gasteiger partial charge in [0.05, 0.1) is 0 Å². The first-order valence-electron chi connectivity index (χ1n) is 13.0. The zero-order valence-corrected chi connectivity index (χ0v) is 20.3. The molecule has 2 nitrogen and oxygen atoms in total. The third kappa shape index (κ3) is 3.96. The Bertz CT molecular complexity index is 1010. The van der Waals surface area contributed by atoms with Crippen LogP contribution >= 0.6 is 0 Å². The number of rotatable bonds is 7. The van der Waals surface area contributed by atoms with Gasteiger partial charge in [0.1, 0.15) is 18.1 Å². The van der Waals surface area contributed by atoms with Gasteiger partial charge in [-0.1, -0.05) is 69.2 Å². The van der Waals surface area contributed by atoms with Gasteiger partial charge in [0.25, 0.3) is 0 Å². The van der Waals surface area contributed by atoms with Gasteiger partial charge in [-0.2, -0.15) is 0 Å². The molecule has 0 aromatic heterocycles. The summed E-state index contributed by atoms with van der Waals surface area (Å²) in [5, 5.41) is 0. The summed E-state index contributed by atoms with van der Waals surface area (Å²) < 4.78 is 6.18. The summed E-state index contributed by atoms with van der Waals surface area (Å²) in [6.07, 6.45) is 9.63. The van der Waals surface area contributed by atoms with Crippen molar-refractivity contribution in [1.29, 1.82) is 0 Å². The minimum absolute atomic E-state index is 0.128. The Balaban J connectivity index is 1.42. The third-order valence-corrected chi connectivity index (χ3v) is 9.09. The van der Waals surface area contributed by atoms with E-state index < -0.39 is 0 Å². The summed E-state index contributed by atoms with van der Waals surface area (Å²) in [5.74, 6) is 4.09. The van der Waals surface area contributed by atoms with Gasteiger partial charge in [0.15, 0.2) is 0 Å². The van der Waals surface area contributed by atoms with E-state index in [1.807, 2.05) is 12.1 Å². The minimum Gasteiger partial charge on any atom is -0.489 e. The predicted molar refractivity (Wildman–Crippen MR) is 134 cm³/mol. The molecule has 3 aliphatic carbocycles. The second-order valence-electron chi connectivity index (χ2n) is 11.0. The van der Waals surface area contributed by atoms with E-state index in [0.717, 1.165) is 37.9 Å². The number of ether oxygens (including phenoxy) is 1. The molecule has 6 atom stereocenters. The normalized spacial score (nSPS) is 32.5. The molecule has 174 valence electrons. The molecule has 0 radical (unpaired) electrons. The topological polar surface area (TPSA) is 26.3 Å². The van der Waals surface area contributed by atoms with E-state index in [4.69, 9.17) is 4.74 Å². The van der Waals surface area contributed by atoms with Gasteiger partial charge >= 0.3 is 0 Å². The molecule has 0 bridgehead atoms. The van der Waals surface area contributed by atoms with Crippen LogP contribution in [0.15, 0.2) is 61.2 Å². The molecule has 3 unspecified atom stereocenters. The second kappa shape index (κ2) is 9.12. The number of carbonyl (C=O) groups is 1. The highest BCUT2D eigenvalue weighted by molar-refractivity contribution is 5.89. The third-order valence-electron chi connectivity index (χ3n) is 9.09. The van der Waals surface area contributed by atoms with Crippen LogP contribution in [0.4, 0.5) is 0 Å². The van der Waals surface area contributed by atoms with E-state index in [2.05, 4.69) is 62.9 Å². The first kappa shape index (κ1) is 22.4. The van der Waals surface area contributed by atoms with Gasteiger partial charge < -0.3 is 4.74 Å². The standard InChI is InChI=1S/C31H38O2/c1-4-9-22-17-24-18-25(33-20-21-11-7-6-8-12-21)13-14-26(24)27-15-16-31(3)28(29(22)27)19-23(10-5-2)30(31)32/h5-8,11-14,18,22-23,27-29H,2,4,9-10,15-17,19-20H2,1,3H3/t22-,23-,27?,28?,29?,31+/m1/s1. The fourth-order valence-electron chi connectivity index (χ4n) is 7.60. The van der Waals surface area contributed by atoms with Crippen molar-refractivity contribution in [2.24, 2.45) is 29.1 Å². The maximum Gasteiger partial charge on any atom is 0.142 e. The first-order valence-corrected chi connectivity index (χ1v) is 13.0. The molecule has 2 aromatic rings. The van der Waals surface area contributed by atoms with Crippen LogP contribution in [-0.2, 0) is 17.8 Å². The van der Waals surface area contributed by atoms with Gasteiger partial charge in [-0.25, -0.2) is 0 Å². The van der Waals surface area contributed by atoms with E-state index >= 15 is 0 Å². The van der Waals surface area contributed by atoms with Crippen molar-refractivity contribution in [3.05, 3.63) is 77.9 Å².